The van der Waals surface area contributed by atoms with Gasteiger partial charge in [-0.2, -0.15) is 0 Å². The molecule has 1 rings (SSSR count). The summed E-state index contributed by atoms with van der Waals surface area (Å²) >= 11 is 0. The highest BCUT2D eigenvalue weighted by atomic mass is 16.6. The van der Waals surface area contributed by atoms with Crippen molar-refractivity contribution >= 4 is 5.69 Å². The fourth-order valence-electron chi connectivity index (χ4n) is 2.07. The van der Waals surface area contributed by atoms with E-state index in [0.29, 0.717) is 0 Å². The van der Waals surface area contributed by atoms with Crippen LogP contribution in [0.3, 0.4) is 0 Å². The van der Waals surface area contributed by atoms with Gasteiger partial charge in [-0.1, -0.05) is 26.8 Å². The molecule has 0 unspecified atom stereocenters. The summed E-state index contributed by atoms with van der Waals surface area (Å²) in [5.41, 5.74) is 3.57. The second-order valence-corrected chi connectivity index (χ2v) is 3.52. The lowest BCUT2D eigenvalue weighted by Gasteiger charge is -2.11. The fourth-order valence-corrected chi connectivity index (χ4v) is 2.07. The normalized spacial score (nSPS) is 10.3. The minimum absolute atomic E-state index is 0.270. The summed E-state index contributed by atoms with van der Waals surface area (Å²) in [4.78, 5) is 10.6. The Morgan fingerprint density at radius 1 is 1.07 bits per heavy atom. The van der Waals surface area contributed by atoms with Crippen molar-refractivity contribution in [3.63, 3.8) is 0 Å². The number of rotatable bonds is 4. The molecular weight excluding hydrogens is 190 g/mol. The van der Waals surface area contributed by atoms with Gasteiger partial charge in [-0.15, -0.1) is 0 Å². The molecule has 0 fully saturated rings. The van der Waals surface area contributed by atoms with E-state index in [1.165, 1.54) is 5.56 Å². The average molecular weight is 207 g/mol. The zero-order valence-corrected chi connectivity index (χ0v) is 9.54. The highest BCUT2D eigenvalue weighted by Crippen LogP contribution is 2.26. The Balaban J connectivity index is 3.40. The molecule has 0 aliphatic rings. The van der Waals surface area contributed by atoms with Gasteiger partial charge in [0, 0.05) is 11.6 Å². The molecule has 0 aliphatic heterocycles. The third-order valence-corrected chi connectivity index (χ3v) is 2.79. The molecule has 0 atom stereocenters. The molecule has 0 N–H and O–H groups in total. The van der Waals surface area contributed by atoms with E-state index >= 15 is 0 Å². The van der Waals surface area contributed by atoms with Crippen LogP contribution in [-0.2, 0) is 19.3 Å². The van der Waals surface area contributed by atoms with Crippen LogP contribution in [0.15, 0.2) is 12.1 Å². The van der Waals surface area contributed by atoms with E-state index in [0.717, 1.165) is 30.4 Å². The topological polar surface area (TPSA) is 43.1 Å². The predicted octanol–water partition coefficient (Wildman–Crippen LogP) is 3.28. The molecule has 1 aromatic rings. The first-order valence-corrected chi connectivity index (χ1v) is 5.43. The van der Waals surface area contributed by atoms with Gasteiger partial charge < -0.3 is 0 Å². The summed E-state index contributed by atoms with van der Waals surface area (Å²) in [6.07, 6.45) is 2.54. The molecule has 0 bridgehead atoms. The van der Waals surface area contributed by atoms with Crippen LogP contribution in [-0.4, -0.2) is 4.92 Å². The minimum atomic E-state index is -0.280. The lowest BCUT2D eigenvalue weighted by Crippen LogP contribution is -2.02. The molecule has 0 aromatic heterocycles. The summed E-state index contributed by atoms with van der Waals surface area (Å²) < 4.78 is 0. The molecule has 0 saturated heterocycles. The smallest absolute Gasteiger partial charge is 0.258 e. The van der Waals surface area contributed by atoms with Crippen LogP contribution in [0.1, 0.15) is 37.5 Å². The lowest BCUT2D eigenvalue weighted by atomic mass is 9.94. The zero-order valence-electron chi connectivity index (χ0n) is 9.54. The summed E-state index contributed by atoms with van der Waals surface area (Å²) in [6, 6.07) is 3.52. The molecule has 0 heterocycles. The second kappa shape index (κ2) is 4.91. The van der Waals surface area contributed by atoms with Crippen molar-refractivity contribution in [2.24, 2.45) is 0 Å². The molecule has 3 nitrogen and oxygen atoms in total. The summed E-state index contributed by atoms with van der Waals surface area (Å²) in [5, 5.41) is 10.9. The van der Waals surface area contributed by atoms with Gasteiger partial charge in [0.25, 0.3) is 5.69 Å². The standard InChI is InChI=1S/C12H17NO2/c1-4-9-7-8-12(13(14)15)11(6-3)10(9)5-2/h7-8H,4-6H2,1-3H3. The Morgan fingerprint density at radius 2 is 1.67 bits per heavy atom. The van der Waals surface area contributed by atoms with E-state index in [-0.39, 0.29) is 10.6 Å². The van der Waals surface area contributed by atoms with Crippen molar-refractivity contribution in [3.05, 3.63) is 38.9 Å². The van der Waals surface area contributed by atoms with Crippen LogP contribution in [0.4, 0.5) is 5.69 Å². The number of benzene rings is 1. The molecule has 0 saturated carbocycles. The lowest BCUT2D eigenvalue weighted by molar-refractivity contribution is -0.385. The number of aryl methyl sites for hydroxylation is 1. The Bertz CT molecular complexity index is 372. The summed E-state index contributed by atoms with van der Waals surface area (Å²) in [6.45, 7) is 6.11. The van der Waals surface area contributed by atoms with Crippen LogP contribution in [0.5, 0.6) is 0 Å². The quantitative estimate of drug-likeness (QED) is 0.561. The highest BCUT2D eigenvalue weighted by molar-refractivity contribution is 5.49. The Hall–Kier alpha value is -1.38. The zero-order chi connectivity index (χ0) is 11.4. The van der Waals surface area contributed by atoms with E-state index in [4.69, 9.17) is 0 Å². The fraction of sp³-hybridized carbons (Fsp3) is 0.500. The maximum atomic E-state index is 10.9. The van der Waals surface area contributed by atoms with E-state index in [2.05, 4.69) is 13.8 Å². The van der Waals surface area contributed by atoms with Gasteiger partial charge in [-0.3, -0.25) is 10.1 Å². The van der Waals surface area contributed by atoms with Gasteiger partial charge in [0.05, 0.1) is 4.92 Å². The predicted molar refractivity (Wildman–Crippen MR) is 61.2 cm³/mol. The van der Waals surface area contributed by atoms with Crippen molar-refractivity contribution in [3.8, 4) is 0 Å². The molecule has 0 amide bonds. The first-order chi connectivity index (χ1) is 7.15. The summed E-state index contributed by atoms with van der Waals surface area (Å²) in [5.74, 6) is 0. The summed E-state index contributed by atoms with van der Waals surface area (Å²) in [7, 11) is 0. The van der Waals surface area contributed by atoms with E-state index < -0.39 is 0 Å². The van der Waals surface area contributed by atoms with Crippen molar-refractivity contribution < 1.29 is 4.92 Å². The molecule has 0 spiro atoms. The van der Waals surface area contributed by atoms with Gasteiger partial charge in [0.2, 0.25) is 0 Å². The third-order valence-electron chi connectivity index (χ3n) is 2.79. The van der Waals surface area contributed by atoms with Crippen LogP contribution in [0.2, 0.25) is 0 Å². The van der Waals surface area contributed by atoms with E-state index in [1.54, 1.807) is 6.07 Å². The van der Waals surface area contributed by atoms with Crippen molar-refractivity contribution in [2.45, 2.75) is 40.0 Å². The molecule has 0 aliphatic carbocycles. The third kappa shape index (κ3) is 2.17. The van der Waals surface area contributed by atoms with Crippen LogP contribution in [0, 0.1) is 10.1 Å². The van der Waals surface area contributed by atoms with Gasteiger partial charge in [-0.25, -0.2) is 0 Å². The SMILES string of the molecule is CCc1ccc([N+](=O)[O-])c(CC)c1CC. The Labute approximate surface area is 90.3 Å². The number of nitrogens with zero attached hydrogens (tertiary/aromatic N) is 1. The van der Waals surface area contributed by atoms with E-state index in [1.807, 2.05) is 13.0 Å². The average Bonchev–Trinajstić information content (AvgIpc) is 2.26. The number of nitro groups is 1. The molecule has 1 aromatic carbocycles. The maximum Gasteiger partial charge on any atom is 0.272 e. The highest BCUT2D eigenvalue weighted by Gasteiger charge is 2.17. The monoisotopic (exact) mass is 207 g/mol. The van der Waals surface area contributed by atoms with Gasteiger partial charge in [0.1, 0.15) is 0 Å². The number of nitro benzene ring substituents is 1. The molecular formula is C12H17NO2. The van der Waals surface area contributed by atoms with E-state index in [9.17, 15) is 10.1 Å². The van der Waals surface area contributed by atoms with Gasteiger partial charge in [-0.05, 0) is 30.4 Å². The van der Waals surface area contributed by atoms with Crippen LogP contribution >= 0.6 is 0 Å². The molecule has 0 radical (unpaired) electrons. The van der Waals surface area contributed by atoms with Crippen molar-refractivity contribution in [1.82, 2.24) is 0 Å². The first-order valence-electron chi connectivity index (χ1n) is 5.43. The number of hydrogen-bond acceptors (Lipinski definition) is 2. The Morgan fingerprint density at radius 3 is 2.07 bits per heavy atom. The minimum Gasteiger partial charge on any atom is -0.258 e. The number of hydrogen-bond donors (Lipinski definition) is 0. The second-order valence-electron chi connectivity index (χ2n) is 3.52. The maximum absolute atomic E-state index is 10.9. The molecule has 3 heteroatoms. The van der Waals surface area contributed by atoms with Gasteiger partial charge in [0.15, 0.2) is 0 Å². The van der Waals surface area contributed by atoms with Crippen molar-refractivity contribution in [2.75, 3.05) is 0 Å². The molecule has 82 valence electrons. The van der Waals surface area contributed by atoms with Crippen LogP contribution in [0.25, 0.3) is 0 Å². The van der Waals surface area contributed by atoms with Crippen LogP contribution < -0.4 is 0 Å². The van der Waals surface area contributed by atoms with Gasteiger partial charge >= 0.3 is 0 Å². The largest absolute Gasteiger partial charge is 0.272 e. The molecule has 15 heavy (non-hydrogen) atoms. The Kier molecular flexibility index (Phi) is 3.83. The van der Waals surface area contributed by atoms with Crippen molar-refractivity contribution in [1.29, 1.82) is 0 Å². The first kappa shape index (κ1) is 11.7.